The van der Waals surface area contributed by atoms with Crippen LogP contribution in [0.4, 0.5) is 0 Å². The van der Waals surface area contributed by atoms with Crippen LogP contribution < -0.4 is 10.9 Å². The van der Waals surface area contributed by atoms with Crippen LogP contribution in [0.5, 0.6) is 0 Å². The predicted molar refractivity (Wildman–Crippen MR) is 200 cm³/mol. The van der Waals surface area contributed by atoms with Crippen LogP contribution in [0.2, 0.25) is 0 Å². The summed E-state index contributed by atoms with van der Waals surface area (Å²) in [7, 11) is -1.35. The Morgan fingerprint density at radius 3 is 1.09 bits per heavy atom. The molecule has 0 bridgehead atoms. The Hall–Kier alpha value is -4.45. The molecule has 6 rings (SSSR count). The Labute approximate surface area is 264 Å². The molecule has 0 N–H and O–H groups in total. The first kappa shape index (κ1) is 29.6. The summed E-state index contributed by atoms with van der Waals surface area (Å²) in [5, 5.41) is 0. The quantitative estimate of drug-likeness (QED) is 0.117. The molecular weight excluding hydrogens is 546 g/mol. The van der Waals surface area contributed by atoms with Crippen LogP contribution in [0.1, 0.15) is 5.56 Å². The first-order valence-electron chi connectivity index (χ1n) is 15.6. The van der Waals surface area contributed by atoms with Gasteiger partial charge in [0.05, 0.1) is 0 Å². The van der Waals surface area contributed by atoms with Gasteiger partial charge in [-0.3, -0.25) is 0 Å². The topological polar surface area (TPSA) is 0 Å². The van der Waals surface area contributed by atoms with Crippen molar-refractivity contribution in [1.29, 1.82) is 0 Å². The summed E-state index contributed by atoms with van der Waals surface area (Å²) in [6.07, 6.45) is 3.67. The van der Waals surface area contributed by atoms with Crippen LogP contribution in [0.3, 0.4) is 0 Å². The molecule has 0 fully saturated rings. The summed E-state index contributed by atoms with van der Waals surface area (Å²) in [5.41, 5.74) is 12.8. The maximum absolute atomic E-state index is 2.55. The van der Waals surface area contributed by atoms with Gasteiger partial charge in [-0.1, -0.05) is 0 Å². The zero-order chi connectivity index (χ0) is 30.4. The summed E-state index contributed by atoms with van der Waals surface area (Å²) in [6.45, 7) is 7.48. The standard InChI is InChI=1S/C42H40BP/c1-44(2,3)32-31-42(39-21-19-36(20-22-39)33-13-7-4-8-14-33)43(40-27-23-37(24-28-40)34-15-9-5-10-16-34)41-29-25-38(26-30-41)35-17-11-6-12-18-35/h4-31,44H,32H2,1-3H3/b42-31-. The summed E-state index contributed by atoms with van der Waals surface area (Å²) in [4.78, 5) is 0. The van der Waals surface area contributed by atoms with E-state index in [0.29, 0.717) is 0 Å². The zero-order valence-electron chi connectivity index (χ0n) is 26.0. The van der Waals surface area contributed by atoms with E-state index in [4.69, 9.17) is 0 Å². The fraction of sp³-hybridized carbons (Fsp3) is 0.0952. The summed E-state index contributed by atoms with van der Waals surface area (Å²) in [5.74, 6) is 0. The van der Waals surface area contributed by atoms with Crippen LogP contribution in [0.25, 0.3) is 38.9 Å². The summed E-state index contributed by atoms with van der Waals surface area (Å²) >= 11 is 0. The number of rotatable bonds is 9. The van der Waals surface area contributed by atoms with Gasteiger partial charge < -0.3 is 0 Å². The van der Waals surface area contributed by atoms with Crippen molar-refractivity contribution < 1.29 is 0 Å². The first-order valence-corrected chi connectivity index (χ1v) is 19.3. The monoisotopic (exact) mass is 586 g/mol. The van der Waals surface area contributed by atoms with Gasteiger partial charge in [-0.25, -0.2) is 0 Å². The van der Waals surface area contributed by atoms with Gasteiger partial charge >= 0.3 is 265 Å². The van der Waals surface area contributed by atoms with E-state index in [9.17, 15) is 0 Å². The van der Waals surface area contributed by atoms with E-state index in [1.807, 2.05) is 0 Å². The predicted octanol–water partition coefficient (Wildman–Crippen LogP) is 9.56. The van der Waals surface area contributed by atoms with Gasteiger partial charge in [0, 0.05) is 0 Å². The van der Waals surface area contributed by atoms with Crippen LogP contribution >= 0.6 is 7.26 Å². The average molecular weight is 587 g/mol. The molecule has 0 aliphatic rings. The fourth-order valence-electron chi connectivity index (χ4n) is 5.85. The molecule has 0 aliphatic carbocycles. The summed E-state index contributed by atoms with van der Waals surface area (Å²) < 4.78 is 0. The molecule has 44 heavy (non-hydrogen) atoms. The van der Waals surface area contributed by atoms with Gasteiger partial charge in [-0.2, -0.15) is 0 Å². The van der Waals surface area contributed by atoms with Crippen LogP contribution in [0.15, 0.2) is 170 Å². The Balaban J connectivity index is 1.46. The fourth-order valence-corrected chi connectivity index (χ4v) is 6.69. The molecule has 0 amide bonds. The van der Waals surface area contributed by atoms with E-state index < -0.39 is 7.26 Å². The number of hydrogen-bond acceptors (Lipinski definition) is 0. The molecule has 0 saturated carbocycles. The van der Waals surface area contributed by atoms with Crippen LogP contribution in [-0.2, 0) is 0 Å². The normalized spacial score (nSPS) is 12.1. The van der Waals surface area contributed by atoms with E-state index in [1.165, 1.54) is 55.3 Å². The molecule has 0 radical (unpaired) electrons. The van der Waals surface area contributed by atoms with Gasteiger partial charge in [0.15, 0.2) is 0 Å². The molecular formula is C42H40BP. The van der Waals surface area contributed by atoms with Crippen molar-refractivity contribution in [1.82, 2.24) is 0 Å². The SMILES string of the molecule is C[PH](C)(C)C/C=C(\B(c1ccc(-c2ccccc2)cc1)c1ccc(-c2ccccc2)cc1)c1ccc(-c2ccccc2)cc1. The van der Waals surface area contributed by atoms with Gasteiger partial charge in [0.25, 0.3) is 0 Å². The molecule has 2 heteroatoms. The second kappa shape index (κ2) is 13.5. The molecule has 0 saturated heterocycles. The van der Waals surface area contributed by atoms with E-state index in [-0.39, 0.29) is 6.71 Å². The number of benzene rings is 6. The molecule has 0 unspecified atom stereocenters. The van der Waals surface area contributed by atoms with E-state index >= 15 is 0 Å². The van der Waals surface area contributed by atoms with Crippen molar-refractivity contribution in [2.45, 2.75) is 0 Å². The Bertz CT molecular complexity index is 1720. The Kier molecular flexibility index (Phi) is 9.06. The van der Waals surface area contributed by atoms with Crippen molar-refractivity contribution in [2.75, 3.05) is 26.2 Å². The molecule has 6 aromatic carbocycles. The maximum atomic E-state index is 2.55. The van der Waals surface area contributed by atoms with Crippen molar-refractivity contribution in [3.8, 4) is 33.4 Å². The Morgan fingerprint density at radius 2 is 0.750 bits per heavy atom. The first-order chi connectivity index (χ1) is 21.4. The van der Waals surface area contributed by atoms with E-state index in [0.717, 1.165) is 6.16 Å². The molecule has 0 spiro atoms. The zero-order valence-corrected chi connectivity index (χ0v) is 27.0. The molecule has 0 heterocycles. The molecule has 6 aromatic rings. The number of allylic oxidation sites excluding steroid dienone is 1. The van der Waals surface area contributed by atoms with Gasteiger partial charge in [0.1, 0.15) is 0 Å². The van der Waals surface area contributed by atoms with E-state index in [2.05, 4.69) is 190 Å². The third-order valence-corrected chi connectivity index (χ3v) is 9.70. The molecule has 0 aromatic heterocycles. The van der Waals surface area contributed by atoms with Crippen molar-refractivity contribution in [2.24, 2.45) is 0 Å². The van der Waals surface area contributed by atoms with Gasteiger partial charge in [0.2, 0.25) is 0 Å². The second-order valence-corrected chi connectivity index (χ2v) is 18.3. The van der Waals surface area contributed by atoms with Crippen molar-refractivity contribution >= 4 is 30.4 Å². The minimum absolute atomic E-state index is 0.114. The van der Waals surface area contributed by atoms with Crippen molar-refractivity contribution in [3.05, 3.63) is 175 Å². The summed E-state index contributed by atoms with van der Waals surface area (Å²) in [6, 6.07) is 59.6. The molecule has 0 aliphatic heterocycles. The Morgan fingerprint density at radius 1 is 0.432 bits per heavy atom. The van der Waals surface area contributed by atoms with Gasteiger partial charge in [-0.05, 0) is 0 Å². The van der Waals surface area contributed by atoms with Crippen LogP contribution in [0, 0.1) is 0 Å². The second-order valence-electron chi connectivity index (χ2n) is 12.8. The third kappa shape index (κ3) is 7.19. The molecule has 0 nitrogen and oxygen atoms in total. The average Bonchev–Trinajstić information content (AvgIpc) is 3.08. The van der Waals surface area contributed by atoms with Crippen LogP contribution in [-0.4, -0.2) is 32.9 Å². The minimum atomic E-state index is -1.35. The number of hydrogen-bond donors (Lipinski definition) is 0. The van der Waals surface area contributed by atoms with Gasteiger partial charge in [-0.15, -0.1) is 0 Å². The van der Waals surface area contributed by atoms with Crippen molar-refractivity contribution in [3.63, 3.8) is 0 Å². The third-order valence-electron chi connectivity index (χ3n) is 8.27. The molecule has 0 atom stereocenters. The van der Waals surface area contributed by atoms with E-state index in [1.54, 1.807) is 0 Å². The molecule has 216 valence electrons.